The maximum absolute atomic E-state index is 13.3. The third-order valence-electron chi connectivity index (χ3n) is 6.58. The zero-order chi connectivity index (χ0) is 20.1. The quantitative estimate of drug-likeness (QED) is 0.776. The summed E-state index contributed by atoms with van der Waals surface area (Å²) >= 11 is 0. The van der Waals surface area contributed by atoms with Crippen LogP contribution >= 0.6 is 0 Å². The Hall–Kier alpha value is -2.22. The van der Waals surface area contributed by atoms with Gasteiger partial charge in [0.2, 0.25) is 5.91 Å². The first kappa shape index (κ1) is 17.8. The Kier molecular flexibility index (Phi) is 3.33. The highest BCUT2D eigenvalue weighted by Crippen LogP contribution is 2.65. The van der Waals surface area contributed by atoms with E-state index in [-0.39, 0.29) is 12.3 Å². The van der Waals surface area contributed by atoms with E-state index in [0.29, 0.717) is 12.8 Å². The molecule has 6 atom stereocenters. The summed E-state index contributed by atoms with van der Waals surface area (Å²) in [5.74, 6) is -1.51. The fourth-order valence-electron chi connectivity index (χ4n) is 5.57. The lowest BCUT2D eigenvalue weighted by Crippen LogP contribution is -2.56. The van der Waals surface area contributed by atoms with Crippen molar-refractivity contribution in [2.75, 3.05) is 11.5 Å². The van der Waals surface area contributed by atoms with E-state index in [9.17, 15) is 23.1 Å². The van der Waals surface area contributed by atoms with Crippen molar-refractivity contribution >= 4 is 11.6 Å². The van der Waals surface area contributed by atoms with E-state index >= 15 is 0 Å². The van der Waals surface area contributed by atoms with E-state index < -0.39 is 58.7 Å². The molecule has 28 heavy (non-hydrogen) atoms. The number of fused-ring (bicyclic) bond motifs is 2. The third kappa shape index (κ3) is 1.99. The number of nitrogens with zero attached hydrogens (tertiary/aromatic N) is 3. The topological polar surface area (TPSA) is 95.7 Å². The van der Waals surface area contributed by atoms with Gasteiger partial charge in [-0.15, -0.1) is 0 Å². The van der Waals surface area contributed by atoms with Crippen molar-refractivity contribution in [3.05, 3.63) is 23.5 Å². The van der Waals surface area contributed by atoms with Gasteiger partial charge in [0.15, 0.2) is 5.69 Å². The summed E-state index contributed by atoms with van der Waals surface area (Å²) in [6, 6.07) is 2.19. The van der Waals surface area contributed by atoms with Gasteiger partial charge in [0, 0.05) is 12.8 Å². The van der Waals surface area contributed by atoms with Crippen molar-refractivity contribution in [1.82, 2.24) is 4.98 Å². The molecule has 2 bridgehead atoms. The maximum atomic E-state index is 13.3. The van der Waals surface area contributed by atoms with E-state index in [2.05, 4.69) is 4.98 Å². The number of carbonyl (C=O) groups is 1. The van der Waals surface area contributed by atoms with Crippen LogP contribution < -0.4 is 4.90 Å². The number of aliphatic hydroxyl groups excluding tert-OH is 1. The second kappa shape index (κ2) is 5.23. The highest BCUT2D eigenvalue weighted by Gasteiger charge is 2.78. The predicted octanol–water partition coefficient (Wildman–Crippen LogP) is 1.59. The van der Waals surface area contributed by atoms with Gasteiger partial charge >= 0.3 is 6.18 Å². The Labute approximate surface area is 157 Å². The largest absolute Gasteiger partial charge is 0.419 e. The molecule has 5 rings (SSSR count). The minimum absolute atomic E-state index is 0.0785. The number of amides is 1. The lowest BCUT2D eigenvalue weighted by atomic mass is 9.65. The van der Waals surface area contributed by atoms with Crippen molar-refractivity contribution in [2.45, 2.75) is 49.5 Å². The van der Waals surface area contributed by atoms with Gasteiger partial charge < -0.3 is 14.6 Å². The number of pyridine rings is 1. The fourth-order valence-corrected chi connectivity index (χ4v) is 5.57. The van der Waals surface area contributed by atoms with Crippen LogP contribution in [-0.4, -0.2) is 46.1 Å². The fraction of sp³-hybridized carbons (Fsp3) is 0.611. The number of halogens is 3. The number of rotatable bonds is 1. The number of aromatic nitrogens is 1. The molecule has 148 valence electrons. The van der Waals surface area contributed by atoms with Crippen molar-refractivity contribution in [3.63, 3.8) is 0 Å². The molecule has 4 saturated heterocycles. The second-order valence-electron chi connectivity index (χ2n) is 8.01. The van der Waals surface area contributed by atoms with Crippen LogP contribution in [0.15, 0.2) is 12.3 Å². The van der Waals surface area contributed by atoms with Crippen molar-refractivity contribution in [3.8, 4) is 6.07 Å². The Morgan fingerprint density at radius 2 is 2.21 bits per heavy atom. The smallest absolute Gasteiger partial charge is 0.390 e. The summed E-state index contributed by atoms with van der Waals surface area (Å²) in [4.78, 5) is 18.1. The molecule has 4 fully saturated rings. The number of aliphatic hydroxyl groups is 1. The van der Waals surface area contributed by atoms with E-state index in [4.69, 9.17) is 14.7 Å². The number of ether oxygens (including phenoxy) is 2. The molecule has 4 aliphatic rings. The Morgan fingerprint density at radius 3 is 2.89 bits per heavy atom. The van der Waals surface area contributed by atoms with Crippen molar-refractivity contribution in [1.29, 1.82) is 5.26 Å². The van der Waals surface area contributed by atoms with Gasteiger partial charge in [0.05, 0.1) is 47.6 Å². The first-order valence-electron chi connectivity index (χ1n) is 8.93. The lowest BCUT2D eigenvalue weighted by Gasteiger charge is -2.43. The van der Waals surface area contributed by atoms with E-state index in [1.807, 2.05) is 0 Å². The van der Waals surface area contributed by atoms with Gasteiger partial charge in [0.1, 0.15) is 17.9 Å². The number of hydrogen-bond acceptors (Lipinski definition) is 6. The van der Waals surface area contributed by atoms with Crippen LogP contribution in [0, 0.1) is 23.2 Å². The standard InChI is InChI=1S/C18H16F3N3O4/c1-16-5-11(25)17(28-16)2-3-27-15-13(17)12(16)14(26)24(15)8-4-9(18(19,20)21)10(6-22)23-7-8/h4,7,11-13,15,25H,2-3,5H2,1H3. The summed E-state index contributed by atoms with van der Waals surface area (Å²) in [5.41, 5.74) is -3.86. The zero-order valence-electron chi connectivity index (χ0n) is 14.7. The zero-order valence-corrected chi connectivity index (χ0v) is 14.7. The third-order valence-corrected chi connectivity index (χ3v) is 6.58. The van der Waals surface area contributed by atoms with Gasteiger partial charge in [-0.3, -0.25) is 9.69 Å². The maximum Gasteiger partial charge on any atom is 0.419 e. The SMILES string of the molecule is CC12CC(O)C3(CCOC4C3C1C(=O)N4c1cnc(C#N)c(C(F)(F)F)c1)O2. The van der Waals surface area contributed by atoms with Crippen LogP contribution in [0.2, 0.25) is 0 Å². The molecule has 0 aliphatic carbocycles. The molecule has 0 radical (unpaired) electrons. The molecular weight excluding hydrogens is 379 g/mol. The molecule has 1 aromatic heterocycles. The van der Waals surface area contributed by atoms with Gasteiger partial charge in [-0.2, -0.15) is 18.4 Å². The molecule has 5 heterocycles. The first-order chi connectivity index (χ1) is 13.1. The minimum atomic E-state index is -4.79. The molecule has 6 unspecified atom stereocenters. The lowest BCUT2D eigenvalue weighted by molar-refractivity contribution is -0.163. The van der Waals surface area contributed by atoms with Gasteiger partial charge in [-0.05, 0) is 13.0 Å². The van der Waals surface area contributed by atoms with Gasteiger partial charge in [0.25, 0.3) is 0 Å². The minimum Gasteiger partial charge on any atom is -0.390 e. The Bertz CT molecular complexity index is 932. The molecule has 0 saturated carbocycles. The van der Waals surface area contributed by atoms with E-state index in [0.717, 1.165) is 12.3 Å². The molecule has 1 amide bonds. The van der Waals surface area contributed by atoms with Crippen LogP contribution in [0.4, 0.5) is 18.9 Å². The number of carbonyl (C=O) groups excluding carboxylic acids is 1. The molecule has 1 N–H and O–H groups in total. The van der Waals surface area contributed by atoms with Crippen LogP contribution in [0.1, 0.15) is 31.0 Å². The number of nitriles is 1. The average Bonchev–Trinajstić information content (AvgIpc) is 3.17. The Balaban J connectivity index is 1.62. The molecule has 0 aromatic carbocycles. The summed E-state index contributed by atoms with van der Waals surface area (Å²) in [7, 11) is 0. The average molecular weight is 395 g/mol. The molecule has 1 spiro atoms. The summed E-state index contributed by atoms with van der Waals surface area (Å²) < 4.78 is 52.0. The predicted molar refractivity (Wildman–Crippen MR) is 85.6 cm³/mol. The monoisotopic (exact) mass is 395 g/mol. The highest BCUT2D eigenvalue weighted by atomic mass is 19.4. The second-order valence-corrected chi connectivity index (χ2v) is 8.01. The number of alkyl halides is 3. The Morgan fingerprint density at radius 1 is 1.46 bits per heavy atom. The normalized spacial score (nSPS) is 41.3. The summed E-state index contributed by atoms with van der Waals surface area (Å²) in [6.45, 7) is 1.96. The molecule has 1 aromatic rings. The molecule has 10 heteroatoms. The summed E-state index contributed by atoms with van der Waals surface area (Å²) in [6.07, 6.45) is -4.60. The van der Waals surface area contributed by atoms with Crippen LogP contribution in [0.25, 0.3) is 0 Å². The van der Waals surface area contributed by atoms with Crippen LogP contribution in [0.5, 0.6) is 0 Å². The molecule has 4 aliphatic heterocycles. The van der Waals surface area contributed by atoms with E-state index in [1.165, 1.54) is 11.0 Å². The first-order valence-corrected chi connectivity index (χ1v) is 8.93. The van der Waals surface area contributed by atoms with Crippen LogP contribution in [-0.2, 0) is 20.4 Å². The van der Waals surface area contributed by atoms with Gasteiger partial charge in [-0.25, -0.2) is 4.98 Å². The van der Waals surface area contributed by atoms with Crippen molar-refractivity contribution in [2.24, 2.45) is 11.8 Å². The highest BCUT2D eigenvalue weighted by molar-refractivity contribution is 5.99. The molecule has 7 nitrogen and oxygen atoms in total. The van der Waals surface area contributed by atoms with Crippen LogP contribution in [0.3, 0.4) is 0 Å². The van der Waals surface area contributed by atoms with E-state index in [1.54, 1.807) is 6.92 Å². The number of hydrogen-bond donors (Lipinski definition) is 1. The molecular formula is C18H16F3N3O4. The van der Waals surface area contributed by atoms with Gasteiger partial charge in [-0.1, -0.05) is 0 Å². The van der Waals surface area contributed by atoms with Crippen molar-refractivity contribution < 1.29 is 32.5 Å². The number of anilines is 1. The summed E-state index contributed by atoms with van der Waals surface area (Å²) in [5, 5.41) is 19.5.